The van der Waals surface area contributed by atoms with Crippen molar-refractivity contribution in [2.75, 3.05) is 32.7 Å². The molecule has 2 saturated carbocycles. The van der Waals surface area contributed by atoms with Gasteiger partial charge >= 0.3 is 12.1 Å². The minimum Gasteiger partial charge on any atom is -0.445 e. The Morgan fingerprint density at radius 3 is 2.45 bits per heavy atom. The number of benzene rings is 2. The highest BCUT2D eigenvalue weighted by Gasteiger charge is 2.62. The third kappa shape index (κ3) is 8.14. The number of amides is 6. The maximum atomic E-state index is 14.4. The molecular formula is C38H48N6O8S. The fourth-order valence-electron chi connectivity index (χ4n) is 7.72. The fraction of sp³-hybridized carbons (Fsp3) is 0.553. The van der Waals surface area contributed by atoms with E-state index in [0.717, 1.165) is 42.0 Å². The van der Waals surface area contributed by atoms with Crippen molar-refractivity contribution in [3.63, 3.8) is 0 Å². The third-order valence-electron chi connectivity index (χ3n) is 11.1. The van der Waals surface area contributed by atoms with E-state index in [0.29, 0.717) is 45.2 Å². The minimum atomic E-state index is -3.90. The first-order valence-electron chi connectivity index (χ1n) is 18.8. The average molecular weight is 749 g/mol. The summed E-state index contributed by atoms with van der Waals surface area (Å²) in [6, 6.07) is 11.0. The lowest BCUT2D eigenvalue weighted by Crippen LogP contribution is -2.66. The second-order valence-corrected chi connectivity index (χ2v) is 16.9. The highest BCUT2D eigenvalue weighted by Crippen LogP contribution is 2.46. The van der Waals surface area contributed by atoms with E-state index in [9.17, 15) is 32.4 Å². The molecule has 53 heavy (non-hydrogen) atoms. The summed E-state index contributed by atoms with van der Waals surface area (Å²) in [7, 11) is -3.90. The van der Waals surface area contributed by atoms with E-state index in [4.69, 9.17) is 4.74 Å². The molecule has 4 atom stereocenters. The number of piperazine rings is 1. The van der Waals surface area contributed by atoms with Gasteiger partial charge in [-0.3, -0.25) is 19.1 Å². The first-order valence-corrected chi connectivity index (χ1v) is 20.4. The van der Waals surface area contributed by atoms with Crippen LogP contribution in [-0.4, -0.2) is 109 Å². The van der Waals surface area contributed by atoms with E-state index in [2.05, 4.69) is 15.4 Å². The van der Waals surface area contributed by atoms with Crippen molar-refractivity contribution in [1.82, 2.24) is 30.1 Å². The lowest BCUT2D eigenvalue weighted by Gasteiger charge is -2.42. The molecule has 3 heterocycles. The number of urea groups is 1. The van der Waals surface area contributed by atoms with Crippen LogP contribution < -0.4 is 15.4 Å². The highest BCUT2D eigenvalue weighted by atomic mass is 32.2. The summed E-state index contributed by atoms with van der Waals surface area (Å²) in [4.78, 5) is 73.8. The molecule has 284 valence electrons. The molecule has 0 aromatic heterocycles. The van der Waals surface area contributed by atoms with Crippen LogP contribution in [0.1, 0.15) is 69.8 Å². The average Bonchev–Trinajstić information content (AvgIpc) is 4.07. The molecule has 2 aliphatic carbocycles. The van der Waals surface area contributed by atoms with Gasteiger partial charge < -0.3 is 30.1 Å². The van der Waals surface area contributed by atoms with Gasteiger partial charge in [0, 0.05) is 32.1 Å². The predicted octanol–water partition coefficient (Wildman–Crippen LogP) is 3.17. The van der Waals surface area contributed by atoms with Crippen molar-refractivity contribution >= 4 is 50.6 Å². The van der Waals surface area contributed by atoms with Gasteiger partial charge in [-0.05, 0) is 67.7 Å². The summed E-state index contributed by atoms with van der Waals surface area (Å²) in [5, 5.41) is 7.09. The molecule has 7 rings (SSSR count). The lowest BCUT2D eigenvalue weighted by molar-refractivity contribution is -0.146. The van der Waals surface area contributed by atoms with Gasteiger partial charge in [0.05, 0.1) is 11.8 Å². The van der Waals surface area contributed by atoms with Crippen molar-refractivity contribution in [3.8, 4) is 0 Å². The molecule has 3 aliphatic heterocycles. The van der Waals surface area contributed by atoms with Gasteiger partial charge in [-0.1, -0.05) is 67.5 Å². The second-order valence-electron chi connectivity index (χ2n) is 14.9. The van der Waals surface area contributed by atoms with Gasteiger partial charge in [-0.15, -0.1) is 0 Å². The van der Waals surface area contributed by atoms with Crippen molar-refractivity contribution in [2.45, 2.75) is 93.7 Å². The van der Waals surface area contributed by atoms with Crippen LogP contribution in [0, 0.1) is 5.92 Å². The number of fused-ring (bicyclic) bond motifs is 3. The third-order valence-corrected chi connectivity index (χ3v) is 13.0. The Hall–Kier alpha value is -4.66. The second kappa shape index (κ2) is 15.4. The van der Waals surface area contributed by atoms with E-state index < -0.39 is 62.6 Å². The Bertz CT molecular complexity index is 1890. The van der Waals surface area contributed by atoms with Crippen LogP contribution in [0.15, 0.2) is 54.6 Å². The minimum absolute atomic E-state index is 0.00638. The maximum absolute atomic E-state index is 14.4. The van der Waals surface area contributed by atoms with E-state index in [-0.39, 0.29) is 38.7 Å². The van der Waals surface area contributed by atoms with Gasteiger partial charge in [0.15, 0.2) is 0 Å². The summed E-state index contributed by atoms with van der Waals surface area (Å²) in [5.74, 6) is -2.41. The van der Waals surface area contributed by atoms with Gasteiger partial charge in [-0.25, -0.2) is 18.0 Å². The molecule has 2 saturated heterocycles. The summed E-state index contributed by atoms with van der Waals surface area (Å²) in [5.41, 5.74) is -0.722. The Morgan fingerprint density at radius 1 is 0.887 bits per heavy atom. The highest BCUT2D eigenvalue weighted by molar-refractivity contribution is 7.91. The number of hydrogen-bond acceptors (Lipinski definition) is 8. The maximum Gasteiger partial charge on any atom is 0.410 e. The summed E-state index contributed by atoms with van der Waals surface area (Å²) in [6.45, 7) is 1.03. The molecule has 3 N–H and O–H groups in total. The van der Waals surface area contributed by atoms with Crippen LogP contribution in [0.25, 0.3) is 10.8 Å². The van der Waals surface area contributed by atoms with Crippen molar-refractivity contribution in [2.24, 2.45) is 5.92 Å². The molecule has 15 heteroatoms. The zero-order chi connectivity index (χ0) is 37.2. The van der Waals surface area contributed by atoms with Crippen molar-refractivity contribution in [1.29, 1.82) is 0 Å². The molecule has 2 aromatic rings. The van der Waals surface area contributed by atoms with Gasteiger partial charge in [0.25, 0.3) is 5.91 Å². The number of allylic oxidation sites excluding steroid dienone is 1. The van der Waals surface area contributed by atoms with Crippen LogP contribution in [0.2, 0.25) is 0 Å². The van der Waals surface area contributed by atoms with Crippen LogP contribution in [0.5, 0.6) is 0 Å². The number of likely N-dealkylation sites (tertiary alicyclic amines) is 1. The van der Waals surface area contributed by atoms with E-state index in [1.807, 2.05) is 54.6 Å². The fourth-order valence-corrected chi connectivity index (χ4v) is 9.08. The van der Waals surface area contributed by atoms with Crippen molar-refractivity contribution < 1.29 is 37.1 Å². The van der Waals surface area contributed by atoms with Gasteiger partial charge in [-0.2, -0.15) is 0 Å². The molecular weight excluding hydrogens is 701 g/mol. The first kappa shape index (κ1) is 36.7. The molecule has 0 spiro atoms. The molecule has 0 bridgehead atoms. The zero-order valence-corrected chi connectivity index (χ0v) is 30.7. The van der Waals surface area contributed by atoms with E-state index in [1.165, 1.54) is 9.80 Å². The number of nitrogens with zero attached hydrogens (tertiary/aromatic N) is 3. The van der Waals surface area contributed by atoms with Crippen molar-refractivity contribution in [3.05, 3.63) is 60.2 Å². The Balaban J connectivity index is 1.14. The van der Waals surface area contributed by atoms with Gasteiger partial charge in [0.2, 0.25) is 21.8 Å². The smallest absolute Gasteiger partial charge is 0.410 e. The normalized spacial score (nSPS) is 27.4. The lowest BCUT2D eigenvalue weighted by atomic mass is 10.0. The standard InChI is InChI=1S/C38H48N6O8S/c45-33-32-24-43(37(49)52-25-27-13-10-12-26-11-6-7-15-30(26)27)21-22-44(32)34(46)31(39-36(48)42-19-8-9-20-42)16-5-3-1-2-4-14-28-23-38(28,40-33)35(47)41-53(50,51)29-17-18-29/h4,6-7,10-15,28-29,31-32H,1-3,5,8-9,16-25H2,(H,39,48)(H,40,45)(H,41,47)/b14-4+/t28?,31-,32-,38-/m0/s1. The van der Waals surface area contributed by atoms with Gasteiger partial charge in [0.1, 0.15) is 24.2 Å². The van der Waals surface area contributed by atoms with Crippen LogP contribution in [0.4, 0.5) is 9.59 Å². The Labute approximate surface area is 309 Å². The number of hydrogen-bond donors (Lipinski definition) is 3. The molecule has 2 aromatic carbocycles. The molecule has 5 aliphatic rings. The quantitative estimate of drug-likeness (QED) is 0.378. The molecule has 14 nitrogen and oxygen atoms in total. The monoisotopic (exact) mass is 748 g/mol. The number of rotatable bonds is 6. The largest absolute Gasteiger partial charge is 0.445 e. The molecule has 1 unspecified atom stereocenters. The Kier molecular flexibility index (Phi) is 10.6. The SMILES string of the molecule is O=C1N[C@@]2(C(=O)NS(=O)(=O)C3CC3)CC2/C=C/CCCCC[C@H](NC(=O)N2CCCC2)C(=O)N2CCN(C(=O)OCc3cccc4ccccc34)C[C@@H]12. The number of carbonyl (C=O) groups excluding carboxylic acids is 5. The Morgan fingerprint density at radius 2 is 1.66 bits per heavy atom. The first-order chi connectivity index (χ1) is 25.6. The molecule has 6 amide bonds. The number of ether oxygens (including phenoxy) is 1. The predicted molar refractivity (Wildman–Crippen MR) is 196 cm³/mol. The van der Waals surface area contributed by atoms with Crippen LogP contribution >= 0.6 is 0 Å². The number of carbonyl (C=O) groups is 5. The zero-order valence-electron chi connectivity index (χ0n) is 29.8. The number of sulfonamides is 1. The van der Waals surface area contributed by atoms with Crippen LogP contribution in [0.3, 0.4) is 0 Å². The number of nitrogens with one attached hydrogen (secondary N) is 3. The summed E-state index contributed by atoms with van der Waals surface area (Å²) in [6.07, 6.45) is 9.36. The summed E-state index contributed by atoms with van der Waals surface area (Å²) >= 11 is 0. The van der Waals surface area contributed by atoms with Crippen LogP contribution in [-0.2, 0) is 35.8 Å². The topological polar surface area (TPSA) is 175 Å². The molecule has 0 radical (unpaired) electrons. The summed E-state index contributed by atoms with van der Waals surface area (Å²) < 4.78 is 33.6. The van der Waals surface area contributed by atoms with E-state index >= 15 is 0 Å². The molecule has 4 fully saturated rings. The van der Waals surface area contributed by atoms with E-state index in [1.54, 1.807) is 4.90 Å².